The largest absolute Gasteiger partial charge is 0.466 e. The molecule has 0 unspecified atom stereocenters. The van der Waals surface area contributed by atoms with Gasteiger partial charge in [0.05, 0.1) is 13.0 Å². The van der Waals surface area contributed by atoms with Crippen molar-refractivity contribution in [2.75, 3.05) is 11.9 Å². The molecule has 0 radical (unpaired) electrons. The standard InChI is InChI=1S/C25H24N4O3/c1-2-32-23(30)13-18-7-3-4-9-21(18)29-25(31)22-14-20(19-10-11-27-24(19)28-22)17-8-5-6-16(12-17)15-26/h3-12,14H,2,13,15,26H2,1H3,(H,27,28)(H,29,31). The number of rotatable bonds is 7. The fraction of sp³-hybridized carbons (Fsp3) is 0.160. The predicted molar refractivity (Wildman–Crippen MR) is 124 cm³/mol. The quantitative estimate of drug-likeness (QED) is 0.385. The van der Waals surface area contributed by atoms with Crippen LogP contribution in [-0.2, 0) is 22.5 Å². The predicted octanol–water partition coefficient (Wildman–Crippen LogP) is 4.05. The van der Waals surface area contributed by atoms with E-state index >= 15 is 0 Å². The summed E-state index contributed by atoms with van der Waals surface area (Å²) < 4.78 is 5.04. The third kappa shape index (κ3) is 4.53. The van der Waals surface area contributed by atoms with E-state index in [4.69, 9.17) is 10.5 Å². The molecule has 0 spiro atoms. The lowest BCUT2D eigenvalue weighted by molar-refractivity contribution is -0.142. The summed E-state index contributed by atoms with van der Waals surface area (Å²) in [6.45, 7) is 2.50. The van der Waals surface area contributed by atoms with Crippen LogP contribution < -0.4 is 11.1 Å². The van der Waals surface area contributed by atoms with Gasteiger partial charge in [0, 0.05) is 23.8 Å². The first kappa shape index (κ1) is 21.3. The fourth-order valence-corrected chi connectivity index (χ4v) is 3.61. The van der Waals surface area contributed by atoms with Crippen LogP contribution in [-0.4, -0.2) is 28.5 Å². The minimum Gasteiger partial charge on any atom is -0.466 e. The van der Waals surface area contributed by atoms with E-state index in [0.29, 0.717) is 30.0 Å². The molecule has 2 aromatic heterocycles. The van der Waals surface area contributed by atoms with E-state index in [1.165, 1.54) is 0 Å². The van der Waals surface area contributed by atoms with Crippen LogP contribution in [0.1, 0.15) is 28.5 Å². The zero-order valence-electron chi connectivity index (χ0n) is 17.7. The van der Waals surface area contributed by atoms with Crippen molar-refractivity contribution >= 4 is 28.6 Å². The van der Waals surface area contributed by atoms with Crippen LogP contribution in [0.2, 0.25) is 0 Å². The number of amides is 1. The zero-order chi connectivity index (χ0) is 22.5. The first-order valence-corrected chi connectivity index (χ1v) is 10.4. The third-order valence-corrected chi connectivity index (χ3v) is 5.14. The summed E-state index contributed by atoms with van der Waals surface area (Å²) in [4.78, 5) is 32.6. The lowest BCUT2D eigenvalue weighted by Gasteiger charge is -2.12. The number of nitrogens with zero attached hydrogens (tertiary/aromatic N) is 1. The van der Waals surface area contributed by atoms with Gasteiger partial charge in [-0.05, 0) is 53.4 Å². The van der Waals surface area contributed by atoms with E-state index in [1.807, 2.05) is 36.4 Å². The average molecular weight is 428 g/mol. The lowest BCUT2D eigenvalue weighted by atomic mass is 10.00. The Morgan fingerprint density at radius 1 is 1.09 bits per heavy atom. The third-order valence-electron chi connectivity index (χ3n) is 5.14. The number of anilines is 1. The van der Waals surface area contributed by atoms with Crippen molar-refractivity contribution in [3.8, 4) is 11.1 Å². The number of para-hydroxylation sites is 1. The Kier molecular flexibility index (Phi) is 6.28. The first-order valence-electron chi connectivity index (χ1n) is 10.4. The number of H-pyrrole nitrogens is 1. The number of carbonyl (C=O) groups is 2. The molecule has 0 saturated carbocycles. The van der Waals surface area contributed by atoms with Gasteiger partial charge in [0.15, 0.2) is 0 Å². The van der Waals surface area contributed by atoms with Gasteiger partial charge in [0.25, 0.3) is 5.91 Å². The second-order valence-corrected chi connectivity index (χ2v) is 7.29. The van der Waals surface area contributed by atoms with Crippen molar-refractivity contribution in [3.63, 3.8) is 0 Å². The van der Waals surface area contributed by atoms with E-state index < -0.39 is 0 Å². The number of pyridine rings is 1. The van der Waals surface area contributed by atoms with Crippen LogP contribution >= 0.6 is 0 Å². The summed E-state index contributed by atoms with van der Waals surface area (Å²) in [5.74, 6) is -0.712. The summed E-state index contributed by atoms with van der Waals surface area (Å²) in [7, 11) is 0. The number of fused-ring (bicyclic) bond motifs is 1. The molecule has 4 aromatic rings. The number of hydrogen-bond acceptors (Lipinski definition) is 5. The molecule has 1 amide bonds. The number of esters is 1. The molecule has 4 N–H and O–H groups in total. The molecule has 2 aromatic carbocycles. The summed E-state index contributed by atoms with van der Waals surface area (Å²) in [5, 5.41) is 3.80. The smallest absolute Gasteiger partial charge is 0.310 e. The van der Waals surface area contributed by atoms with Gasteiger partial charge in [-0.15, -0.1) is 0 Å². The van der Waals surface area contributed by atoms with Crippen LogP contribution in [0.3, 0.4) is 0 Å². The Morgan fingerprint density at radius 2 is 1.94 bits per heavy atom. The fourth-order valence-electron chi connectivity index (χ4n) is 3.61. The molecule has 0 aliphatic carbocycles. The van der Waals surface area contributed by atoms with Crippen molar-refractivity contribution < 1.29 is 14.3 Å². The highest BCUT2D eigenvalue weighted by molar-refractivity contribution is 6.07. The van der Waals surface area contributed by atoms with Crippen LogP contribution in [0, 0.1) is 0 Å². The number of nitrogens with two attached hydrogens (primary N) is 1. The number of aromatic amines is 1. The molecule has 162 valence electrons. The van der Waals surface area contributed by atoms with Gasteiger partial charge >= 0.3 is 5.97 Å². The molecule has 7 nitrogen and oxygen atoms in total. The molecule has 0 aliphatic heterocycles. The van der Waals surface area contributed by atoms with Gasteiger partial charge in [0.1, 0.15) is 11.3 Å². The SMILES string of the molecule is CCOC(=O)Cc1ccccc1NC(=O)c1cc(-c2cccc(CN)c2)c2cc[nH]c2n1. The van der Waals surface area contributed by atoms with Gasteiger partial charge in [-0.3, -0.25) is 9.59 Å². The summed E-state index contributed by atoms with van der Waals surface area (Å²) >= 11 is 0. The van der Waals surface area contributed by atoms with E-state index in [1.54, 1.807) is 37.4 Å². The molecule has 0 fully saturated rings. The number of aromatic nitrogens is 2. The molecule has 7 heteroatoms. The Bertz CT molecular complexity index is 1280. The van der Waals surface area contributed by atoms with E-state index in [-0.39, 0.29) is 24.0 Å². The second kappa shape index (κ2) is 9.45. The van der Waals surface area contributed by atoms with Crippen molar-refractivity contribution in [2.24, 2.45) is 5.73 Å². The molecular weight excluding hydrogens is 404 g/mol. The van der Waals surface area contributed by atoms with E-state index in [9.17, 15) is 9.59 Å². The van der Waals surface area contributed by atoms with Crippen LogP contribution in [0.5, 0.6) is 0 Å². The first-order chi connectivity index (χ1) is 15.6. The monoisotopic (exact) mass is 428 g/mol. The summed E-state index contributed by atoms with van der Waals surface area (Å²) in [6.07, 6.45) is 1.87. The second-order valence-electron chi connectivity index (χ2n) is 7.29. The molecule has 32 heavy (non-hydrogen) atoms. The molecule has 2 heterocycles. The number of carbonyl (C=O) groups excluding carboxylic acids is 2. The summed E-state index contributed by atoms with van der Waals surface area (Å²) in [6, 6.07) is 18.8. The number of nitrogens with one attached hydrogen (secondary N) is 2. The highest BCUT2D eigenvalue weighted by Gasteiger charge is 2.16. The highest BCUT2D eigenvalue weighted by atomic mass is 16.5. The molecule has 0 saturated heterocycles. The van der Waals surface area contributed by atoms with Gasteiger partial charge in [-0.2, -0.15) is 0 Å². The minimum absolute atomic E-state index is 0.0739. The van der Waals surface area contributed by atoms with E-state index in [2.05, 4.69) is 15.3 Å². The van der Waals surface area contributed by atoms with Crippen LogP contribution in [0.15, 0.2) is 66.9 Å². The van der Waals surface area contributed by atoms with Crippen molar-refractivity contribution in [1.82, 2.24) is 9.97 Å². The topological polar surface area (TPSA) is 110 Å². The van der Waals surface area contributed by atoms with Crippen molar-refractivity contribution in [1.29, 1.82) is 0 Å². The van der Waals surface area contributed by atoms with Gasteiger partial charge in [0.2, 0.25) is 0 Å². The zero-order valence-corrected chi connectivity index (χ0v) is 17.7. The Labute approximate surface area is 185 Å². The molecule has 0 bridgehead atoms. The van der Waals surface area contributed by atoms with Crippen molar-refractivity contribution in [2.45, 2.75) is 19.9 Å². The Morgan fingerprint density at radius 3 is 2.75 bits per heavy atom. The maximum Gasteiger partial charge on any atom is 0.310 e. The number of benzene rings is 2. The molecule has 0 atom stereocenters. The highest BCUT2D eigenvalue weighted by Crippen LogP contribution is 2.29. The Balaban J connectivity index is 1.68. The molecule has 4 rings (SSSR count). The van der Waals surface area contributed by atoms with Gasteiger partial charge in [-0.25, -0.2) is 4.98 Å². The number of ether oxygens (including phenoxy) is 1. The minimum atomic E-state index is -0.367. The van der Waals surface area contributed by atoms with Crippen LogP contribution in [0.4, 0.5) is 5.69 Å². The Hall–Kier alpha value is -3.97. The van der Waals surface area contributed by atoms with E-state index in [0.717, 1.165) is 22.1 Å². The maximum atomic E-state index is 13.1. The number of hydrogen-bond donors (Lipinski definition) is 3. The molecule has 0 aliphatic rings. The van der Waals surface area contributed by atoms with Crippen LogP contribution in [0.25, 0.3) is 22.2 Å². The van der Waals surface area contributed by atoms with Gasteiger partial charge < -0.3 is 20.8 Å². The molecular formula is C25H24N4O3. The normalized spacial score (nSPS) is 10.8. The summed E-state index contributed by atoms with van der Waals surface area (Å²) in [5.41, 5.74) is 10.8. The van der Waals surface area contributed by atoms with Crippen molar-refractivity contribution in [3.05, 3.63) is 83.7 Å². The average Bonchev–Trinajstić information content (AvgIpc) is 3.28. The lowest BCUT2D eigenvalue weighted by Crippen LogP contribution is -2.16. The maximum absolute atomic E-state index is 13.1. The van der Waals surface area contributed by atoms with Gasteiger partial charge in [-0.1, -0.05) is 36.4 Å².